The van der Waals surface area contributed by atoms with Gasteiger partial charge in [-0.1, -0.05) is 12.1 Å². The monoisotopic (exact) mass is 282 g/mol. The number of aryl methyl sites for hydroxylation is 1. The summed E-state index contributed by atoms with van der Waals surface area (Å²) in [5.74, 6) is -1.68. The molecule has 0 heterocycles. The van der Waals surface area contributed by atoms with Gasteiger partial charge in [-0.15, -0.1) is 0 Å². The number of halogens is 1. The Morgan fingerprint density at radius 3 is 2.45 bits per heavy atom. The molecule has 0 saturated heterocycles. The predicted octanol–water partition coefficient (Wildman–Crippen LogP) is 2.85. The number of nitrogens with zero attached hydrogens (tertiary/aromatic N) is 1. The van der Waals surface area contributed by atoms with Gasteiger partial charge in [0.1, 0.15) is 11.4 Å². The summed E-state index contributed by atoms with van der Waals surface area (Å²) in [6.07, 6.45) is 0. The number of carboxylic acids is 1. The second kappa shape index (κ2) is 5.90. The lowest BCUT2D eigenvalue weighted by atomic mass is 10.0. The van der Waals surface area contributed by atoms with Crippen LogP contribution in [0.2, 0.25) is 0 Å². The number of aliphatic carboxylic acids is 1. The number of carboxylic acid groups (broad SMARTS) is 1. The minimum absolute atomic E-state index is 0.0668. The first-order valence-corrected chi connectivity index (χ1v) is 6.29. The standard InChI is InChI=1S/C14H19FN2O3/c1-5-17(14(3,4)12(18)19)13(20)16-11-9(2)7-6-8-10(11)15/h6-8H,5H2,1-4H3,(H,16,20)(H,18,19). The molecule has 0 aliphatic heterocycles. The zero-order valence-electron chi connectivity index (χ0n) is 12.0. The van der Waals surface area contributed by atoms with Gasteiger partial charge < -0.3 is 15.3 Å². The minimum atomic E-state index is -1.38. The third-order valence-electron chi connectivity index (χ3n) is 3.21. The van der Waals surface area contributed by atoms with E-state index in [-0.39, 0.29) is 12.2 Å². The number of amides is 2. The molecule has 0 saturated carbocycles. The first-order valence-electron chi connectivity index (χ1n) is 6.29. The van der Waals surface area contributed by atoms with Crippen molar-refractivity contribution in [1.29, 1.82) is 0 Å². The molecule has 0 fully saturated rings. The first-order chi connectivity index (χ1) is 9.21. The molecule has 110 valence electrons. The molecule has 0 radical (unpaired) electrons. The smallest absolute Gasteiger partial charge is 0.329 e. The largest absolute Gasteiger partial charge is 0.480 e. The SMILES string of the molecule is CCN(C(=O)Nc1c(C)cccc1F)C(C)(C)C(=O)O. The maximum Gasteiger partial charge on any atom is 0.329 e. The van der Waals surface area contributed by atoms with E-state index in [0.717, 1.165) is 4.90 Å². The van der Waals surface area contributed by atoms with Gasteiger partial charge in [0.05, 0.1) is 5.69 Å². The summed E-state index contributed by atoms with van der Waals surface area (Å²) in [5, 5.41) is 11.6. The number of para-hydroxylation sites is 1. The van der Waals surface area contributed by atoms with Gasteiger partial charge in [0.2, 0.25) is 0 Å². The van der Waals surface area contributed by atoms with Crippen LogP contribution in [0.3, 0.4) is 0 Å². The second-order valence-electron chi connectivity index (χ2n) is 4.97. The maximum absolute atomic E-state index is 13.7. The Balaban J connectivity index is 3.03. The topological polar surface area (TPSA) is 69.6 Å². The molecule has 0 aliphatic carbocycles. The highest BCUT2D eigenvalue weighted by molar-refractivity contribution is 5.94. The van der Waals surface area contributed by atoms with Gasteiger partial charge in [-0.2, -0.15) is 0 Å². The van der Waals surface area contributed by atoms with Crippen LogP contribution in [0.5, 0.6) is 0 Å². The average molecular weight is 282 g/mol. The van der Waals surface area contributed by atoms with Crippen LogP contribution in [-0.2, 0) is 4.79 Å². The second-order valence-corrected chi connectivity index (χ2v) is 4.97. The maximum atomic E-state index is 13.7. The van der Waals surface area contributed by atoms with Crippen LogP contribution in [0.1, 0.15) is 26.3 Å². The summed E-state index contributed by atoms with van der Waals surface area (Å²) in [6, 6.07) is 3.80. The van der Waals surface area contributed by atoms with Crippen molar-refractivity contribution in [1.82, 2.24) is 4.90 Å². The number of anilines is 1. The number of likely N-dealkylation sites (N-methyl/N-ethyl adjacent to an activating group) is 1. The Morgan fingerprint density at radius 1 is 1.40 bits per heavy atom. The number of benzene rings is 1. The Labute approximate surface area is 117 Å². The Bertz CT molecular complexity index is 509. The first kappa shape index (κ1) is 15.9. The van der Waals surface area contributed by atoms with E-state index in [1.807, 2.05) is 0 Å². The van der Waals surface area contributed by atoms with Crippen molar-refractivity contribution in [3.63, 3.8) is 0 Å². The van der Waals surface area contributed by atoms with Gasteiger partial charge in [-0.05, 0) is 39.3 Å². The number of rotatable bonds is 4. The third-order valence-corrected chi connectivity index (χ3v) is 3.21. The molecule has 1 aromatic rings. The van der Waals surface area contributed by atoms with Crippen LogP contribution >= 0.6 is 0 Å². The van der Waals surface area contributed by atoms with Gasteiger partial charge in [0.25, 0.3) is 0 Å². The van der Waals surface area contributed by atoms with Crippen LogP contribution < -0.4 is 5.32 Å². The van der Waals surface area contributed by atoms with Crippen LogP contribution in [-0.4, -0.2) is 34.1 Å². The zero-order chi connectivity index (χ0) is 15.5. The van der Waals surface area contributed by atoms with Gasteiger partial charge >= 0.3 is 12.0 Å². The molecule has 20 heavy (non-hydrogen) atoms. The molecular weight excluding hydrogens is 263 g/mol. The van der Waals surface area contributed by atoms with Gasteiger partial charge in [0.15, 0.2) is 0 Å². The van der Waals surface area contributed by atoms with E-state index < -0.39 is 23.4 Å². The van der Waals surface area contributed by atoms with E-state index >= 15 is 0 Å². The molecule has 0 unspecified atom stereocenters. The molecular formula is C14H19FN2O3. The summed E-state index contributed by atoms with van der Waals surface area (Å²) in [6.45, 7) is 6.37. The van der Waals surface area contributed by atoms with E-state index in [0.29, 0.717) is 5.56 Å². The van der Waals surface area contributed by atoms with E-state index in [1.54, 1.807) is 26.0 Å². The lowest BCUT2D eigenvalue weighted by molar-refractivity contribution is -0.147. The van der Waals surface area contributed by atoms with E-state index in [2.05, 4.69) is 5.32 Å². The van der Waals surface area contributed by atoms with E-state index in [1.165, 1.54) is 19.9 Å². The number of nitrogens with one attached hydrogen (secondary N) is 1. The summed E-state index contributed by atoms with van der Waals surface area (Å²) < 4.78 is 13.7. The van der Waals surface area contributed by atoms with Crippen LogP contribution in [0.25, 0.3) is 0 Å². The fourth-order valence-electron chi connectivity index (χ4n) is 1.87. The highest BCUT2D eigenvalue weighted by Crippen LogP contribution is 2.21. The highest BCUT2D eigenvalue weighted by atomic mass is 19.1. The Kier molecular flexibility index (Phi) is 4.70. The molecule has 2 N–H and O–H groups in total. The summed E-state index contributed by atoms with van der Waals surface area (Å²) >= 11 is 0. The average Bonchev–Trinajstić information content (AvgIpc) is 2.34. The van der Waals surface area contributed by atoms with Gasteiger partial charge in [0, 0.05) is 6.54 Å². The molecule has 1 aromatic carbocycles. The summed E-state index contributed by atoms with van der Waals surface area (Å²) in [7, 11) is 0. The van der Waals surface area contributed by atoms with Crippen molar-refractivity contribution >= 4 is 17.7 Å². The fourth-order valence-corrected chi connectivity index (χ4v) is 1.87. The number of carbonyl (C=O) groups excluding carboxylic acids is 1. The lowest BCUT2D eigenvalue weighted by Gasteiger charge is -2.34. The predicted molar refractivity (Wildman–Crippen MR) is 74.3 cm³/mol. The van der Waals surface area contributed by atoms with Crippen molar-refractivity contribution < 1.29 is 19.1 Å². The normalized spacial score (nSPS) is 11.1. The number of urea groups is 1. The van der Waals surface area contributed by atoms with E-state index in [9.17, 15) is 19.1 Å². The van der Waals surface area contributed by atoms with Crippen LogP contribution in [0, 0.1) is 12.7 Å². The molecule has 0 spiro atoms. The fraction of sp³-hybridized carbons (Fsp3) is 0.429. The molecule has 0 aliphatic rings. The molecule has 2 amide bonds. The van der Waals surface area contributed by atoms with Gasteiger partial charge in [-0.25, -0.2) is 14.0 Å². The van der Waals surface area contributed by atoms with Crippen molar-refractivity contribution in [3.05, 3.63) is 29.6 Å². The molecule has 0 atom stereocenters. The molecule has 6 heteroatoms. The third kappa shape index (κ3) is 3.07. The van der Waals surface area contributed by atoms with Gasteiger partial charge in [-0.3, -0.25) is 0 Å². The quantitative estimate of drug-likeness (QED) is 0.892. The van der Waals surface area contributed by atoms with Crippen molar-refractivity contribution in [3.8, 4) is 0 Å². The zero-order valence-corrected chi connectivity index (χ0v) is 12.0. The molecule has 1 rings (SSSR count). The molecule has 0 aromatic heterocycles. The van der Waals surface area contributed by atoms with Crippen molar-refractivity contribution in [2.75, 3.05) is 11.9 Å². The summed E-state index contributed by atoms with van der Waals surface area (Å²) in [5.41, 5.74) is -0.738. The lowest BCUT2D eigenvalue weighted by Crippen LogP contribution is -2.54. The number of hydrogen-bond donors (Lipinski definition) is 2. The number of carbonyl (C=O) groups is 2. The summed E-state index contributed by atoms with van der Waals surface area (Å²) in [4.78, 5) is 24.5. The van der Waals surface area contributed by atoms with Crippen LogP contribution in [0.4, 0.5) is 14.9 Å². The van der Waals surface area contributed by atoms with E-state index in [4.69, 9.17) is 0 Å². The minimum Gasteiger partial charge on any atom is -0.480 e. The molecule has 0 bridgehead atoms. The molecule has 5 nitrogen and oxygen atoms in total. The number of hydrogen-bond acceptors (Lipinski definition) is 2. The van der Waals surface area contributed by atoms with Crippen LogP contribution in [0.15, 0.2) is 18.2 Å². The Hall–Kier alpha value is -2.11. The highest BCUT2D eigenvalue weighted by Gasteiger charge is 2.37. The Morgan fingerprint density at radius 2 is 2.00 bits per heavy atom. The van der Waals surface area contributed by atoms with Crippen molar-refractivity contribution in [2.24, 2.45) is 0 Å². The van der Waals surface area contributed by atoms with Crippen molar-refractivity contribution in [2.45, 2.75) is 33.2 Å².